The maximum Gasteiger partial charge on any atom is 0.341 e. The minimum atomic E-state index is -0.421. The van der Waals surface area contributed by atoms with Gasteiger partial charge in [-0.25, -0.2) is 4.79 Å². The maximum absolute atomic E-state index is 11.9. The highest BCUT2D eigenvalue weighted by Crippen LogP contribution is 2.31. The third-order valence-electron chi connectivity index (χ3n) is 3.37. The molecule has 0 bridgehead atoms. The van der Waals surface area contributed by atoms with Gasteiger partial charge in [0.2, 0.25) is 5.91 Å². The number of carbonyl (C=O) groups excluding carboxylic acids is 2. The summed E-state index contributed by atoms with van der Waals surface area (Å²) in [7, 11) is 4.52. The maximum atomic E-state index is 11.9. The lowest BCUT2D eigenvalue weighted by Gasteiger charge is -2.12. The number of allylic oxidation sites excluding steroid dienone is 1. The van der Waals surface area contributed by atoms with Gasteiger partial charge in [-0.2, -0.15) is 0 Å². The number of hydrogen-bond acceptors (Lipinski definition) is 4. The van der Waals surface area contributed by atoms with E-state index in [2.05, 4.69) is 34.0 Å². The Balaban J connectivity index is 2.96. The quantitative estimate of drug-likeness (QED) is 0.408. The van der Waals surface area contributed by atoms with Crippen molar-refractivity contribution >= 4 is 38.0 Å². The first-order chi connectivity index (χ1) is 10.9. The number of amides is 1. The van der Waals surface area contributed by atoms with Crippen molar-refractivity contribution in [1.29, 1.82) is 0 Å². The molecule has 0 heterocycles. The predicted octanol–water partition coefficient (Wildman–Crippen LogP) is 3.48. The Morgan fingerprint density at radius 2 is 2.00 bits per heavy atom. The molecular weight excluding hydrogens is 409 g/mol. The van der Waals surface area contributed by atoms with E-state index in [4.69, 9.17) is 9.47 Å². The van der Waals surface area contributed by atoms with Crippen LogP contribution in [0.1, 0.15) is 40.7 Å². The van der Waals surface area contributed by atoms with Crippen molar-refractivity contribution < 1.29 is 19.1 Å². The summed E-state index contributed by atoms with van der Waals surface area (Å²) in [6, 6.07) is 3.75. The van der Waals surface area contributed by atoms with E-state index in [0.29, 0.717) is 17.7 Å². The summed E-state index contributed by atoms with van der Waals surface area (Å²) in [5.41, 5.74) is 2.22. The Kier molecular flexibility index (Phi) is 8.08. The first kappa shape index (κ1) is 19.5. The highest BCUT2D eigenvalue weighted by atomic mass is 127. The van der Waals surface area contributed by atoms with E-state index in [1.807, 2.05) is 13.0 Å². The number of aryl methyl sites for hydroxylation is 1. The van der Waals surface area contributed by atoms with E-state index in [9.17, 15) is 9.59 Å². The molecule has 1 N–H and O–H groups in total. The Bertz CT molecular complexity index is 611. The van der Waals surface area contributed by atoms with Gasteiger partial charge in [0.25, 0.3) is 0 Å². The molecule has 0 aliphatic rings. The first-order valence-corrected chi connectivity index (χ1v) is 8.36. The highest BCUT2D eigenvalue weighted by Gasteiger charge is 2.17. The molecule has 1 aromatic rings. The van der Waals surface area contributed by atoms with Gasteiger partial charge >= 0.3 is 5.97 Å². The van der Waals surface area contributed by atoms with Gasteiger partial charge < -0.3 is 14.8 Å². The van der Waals surface area contributed by atoms with Crippen LogP contribution >= 0.6 is 22.6 Å². The lowest BCUT2D eigenvalue weighted by Crippen LogP contribution is -2.16. The molecule has 1 aromatic carbocycles. The van der Waals surface area contributed by atoms with Gasteiger partial charge in [0.05, 0.1) is 14.2 Å². The third kappa shape index (κ3) is 5.53. The molecule has 0 unspecified atom stereocenters. The van der Waals surface area contributed by atoms with Crippen molar-refractivity contribution in [2.45, 2.75) is 26.2 Å². The van der Waals surface area contributed by atoms with E-state index in [-0.39, 0.29) is 5.91 Å². The van der Waals surface area contributed by atoms with Gasteiger partial charge in [0.1, 0.15) is 11.3 Å². The van der Waals surface area contributed by atoms with Gasteiger partial charge in [0, 0.05) is 17.0 Å². The molecule has 0 aliphatic carbocycles. The lowest BCUT2D eigenvalue weighted by atomic mass is 10.0. The number of carbonyl (C=O) groups is 2. The molecule has 1 amide bonds. The van der Waals surface area contributed by atoms with Crippen LogP contribution in [0.4, 0.5) is 0 Å². The summed E-state index contributed by atoms with van der Waals surface area (Å²) in [6.07, 6.45) is 4.15. The molecule has 0 spiro atoms. The second-order valence-electron chi connectivity index (χ2n) is 4.98. The Hall–Kier alpha value is -1.57. The standard InChI is InChI=1S/C17H22INO4/c1-11-9-12(10-13(16(11)22-3)17(21)23-4)14(18)7-5-6-8-15(20)19-2/h7,9-10H,5-6,8H2,1-4H3,(H,19,20)/b14-7+. The van der Waals surface area contributed by atoms with Crippen molar-refractivity contribution in [2.75, 3.05) is 21.3 Å². The van der Waals surface area contributed by atoms with Crippen LogP contribution in [0.5, 0.6) is 5.75 Å². The number of benzene rings is 1. The summed E-state index contributed by atoms with van der Waals surface area (Å²) in [4.78, 5) is 23.1. The lowest BCUT2D eigenvalue weighted by molar-refractivity contribution is -0.120. The largest absolute Gasteiger partial charge is 0.496 e. The number of hydrogen-bond donors (Lipinski definition) is 1. The van der Waals surface area contributed by atoms with Gasteiger partial charge in [-0.3, -0.25) is 4.79 Å². The molecule has 126 valence electrons. The Labute approximate surface area is 150 Å². The summed E-state index contributed by atoms with van der Waals surface area (Å²) in [5, 5.41) is 2.60. The van der Waals surface area contributed by atoms with Crippen molar-refractivity contribution in [3.8, 4) is 5.75 Å². The van der Waals surface area contributed by atoms with Gasteiger partial charge in [-0.05, 0) is 65.6 Å². The Morgan fingerprint density at radius 3 is 2.57 bits per heavy atom. The summed E-state index contributed by atoms with van der Waals surface area (Å²) in [5.74, 6) is 0.154. The molecule has 0 aliphatic heterocycles. The van der Waals surface area contributed by atoms with Crippen LogP contribution in [0.25, 0.3) is 3.58 Å². The number of ether oxygens (including phenoxy) is 2. The fourth-order valence-corrected chi connectivity index (χ4v) is 2.80. The van der Waals surface area contributed by atoms with E-state index >= 15 is 0 Å². The van der Waals surface area contributed by atoms with Crippen LogP contribution in [-0.2, 0) is 9.53 Å². The number of nitrogens with one attached hydrogen (secondary N) is 1. The van der Waals surface area contributed by atoms with E-state index in [1.165, 1.54) is 14.2 Å². The predicted molar refractivity (Wildman–Crippen MR) is 99.0 cm³/mol. The zero-order chi connectivity index (χ0) is 17.4. The zero-order valence-corrected chi connectivity index (χ0v) is 16.0. The third-order valence-corrected chi connectivity index (χ3v) is 4.43. The molecule has 0 atom stereocenters. The molecule has 0 radical (unpaired) electrons. The molecule has 0 fully saturated rings. The number of methoxy groups -OCH3 is 2. The van der Waals surface area contributed by atoms with Crippen molar-refractivity contribution in [3.05, 3.63) is 34.9 Å². The van der Waals surface area contributed by atoms with Crippen LogP contribution in [0.15, 0.2) is 18.2 Å². The van der Waals surface area contributed by atoms with Crippen LogP contribution in [0.3, 0.4) is 0 Å². The number of halogens is 1. The Morgan fingerprint density at radius 1 is 1.30 bits per heavy atom. The van der Waals surface area contributed by atoms with Crippen molar-refractivity contribution in [3.63, 3.8) is 0 Å². The molecule has 0 saturated carbocycles. The SMILES string of the molecule is CNC(=O)CCC/C=C(/I)c1cc(C)c(OC)c(C(=O)OC)c1. The summed E-state index contributed by atoms with van der Waals surface area (Å²) >= 11 is 2.23. The van der Waals surface area contributed by atoms with Gasteiger partial charge in [-0.15, -0.1) is 0 Å². The molecule has 6 heteroatoms. The van der Waals surface area contributed by atoms with E-state index < -0.39 is 5.97 Å². The minimum absolute atomic E-state index is 0.0432. The van der Waals surface area contributed by atoms with E-state index in [1.54, 1.807) is 13.1 Å². The molecule has 23 heavy (non-hydrogen) atoms. The number of esters is 1. The first-order valence-electron chi connectivity index (χ1n) is 7.28. The topological polar surface area (TPSA) is 64.6 Å². The fraction of sp³-hybridized carbons (Fsp3) is 0.412. The van der Waals surface area contributed by atoms with Gasteiger partial charge in [0.15, 0.2) is 0 Å². The van der Waals surface area contributed by atoms with Crippen LogP contribution in [0.2, 0.25) is 0 Å². The second kappa shape index (κ2) is 9.54. The zero-order valence-electron chi connectivity index (χ0n) is 13.9. The van der Waals surface area contributed by atoms with Crippen molar-refractivity contribution in [2.24, 2.45) is 0 Å². The molecule has 1 rings (SSSR count). The molecule has 0 aromatic heterocycles. The fourth-order valence-electron chi connectivity index (χ4n) is 2.18. The number of unbranched alkanes of at least 4 members (excludes halogenated alkanes) is 1. The van der Waals surface area contributed by atoms with E-state index in [0.717, 1.165) is 27.5 Å². The van der Waals surface area contributed by atoms with Crippen molar-refractivity contribution in [1.82, 2.24) is 5.32 Å². The summed E-state index contributed by atoms with van der Waals surface area (Å²) in [6.45, 7) is 1.89. The monoisotopic (exact) mass is 431 g/mol. The smallest absolute Gasteiger partial charge is 0.341 e. The van der Waals surface area contributed by atoms with Crippen LogP contribution in [-0.4, -0.2) is 33.1 Å². The van der Waals surface area contributed by atoms with Crippen LogP contribution in [0, 0.1) is 6.92 Å². The summed E-state index contributed by atoms with van der Waals surface area (Å²) < 4.78 is 11.1. The highest BCUT2D eigenvalue weighted by molar-refractivity contribution is 14.1. The van der Waals surface area contributed by atoms with Gasteiger partial charge in [-0.1, -0.05) is 6.08 Å². The normalized spacial score (nSPS) is 11.1. The molecule has 5 nitrogen and oxygen atoms in total. The second-order valence-corrected chi connectivity index (χ2v) is 6.15. The number of rotatable bonds is 7. The minimum Gasteiger partial charge on any atom is -0.496 e. The van der Waals surface area contributed by atoms with Crippen LogP contribution < -0.4 is 10.1 Å². The average Bonchev–Trinajstić information content (AvgIpc) is 2.56. The average molecular weight is 431 g/mol. The molecule has 0 saturated heterocycles. The molecular formula is C17H22INO4.